The van der Waals surface area contributed by atoms with E-state index in [1.54, 1.807) is 20.8 Å². The number of methoxy groups -OCH3 is 1. The van der Waals surface area contributed by atoms with Gasteiger partial charge in [0, 0.05) is 27.9 Å². The topological polar surface area (TPSA) is 97.5 Å². The first-order valence-corrected chi connectivity index (χ1v) is 11.4. The minimum Gasteiger partial charge on any atom is -0.467 e. The Labute approximate surface area is 197 Å². The SMILES string of the molecule is COC(=O)[C@H](Cc1c(CC(=O)Sc2ccccc2)[nH]c2ccccc12)NC(=O)OC(C)(C)C. The first-order chi connectivity index (χ1) is 15.7. The van der Waals surface area contributed by atoms with Crippen molar-refractivity contribution in [1.82, 2.24) is 10.3 Å². The lowest BCUT2D eigenvalue weighted by Crippen LogP contribution is -2.45. The summed E-state index contributed by atoms with van der Waals surface area (Å²) in [6, 6.07) is 16.1. The van der Waals surface area contributed by atoms with E-state index in [0.29, 0.717) is 5.69 Å². The van der Waals surface area contributed by atoms with Crippen molar-refractivity contribution >= 4 is 39.8 Å². The standard InChI is InChI=1S/C25H28N2O5S/c1-25(2,3)32-24(30)27-21(23(29)31-4)14-18-17-12-8-9-13-19(17)26-20(18)15-22(28)33-16-10-6-5-7-11-16/h5-13,21,26H,14-15H2,1-4H3,(H,27,30)/t21-/m0/s1. The summed E-state index contributed by atoms with van der Waals surface area (Å²) in [5.74, 6) is -0.595. The highest BCUT2D eigenvalue weighted by atomic mass is 32.2. The van der Waals surface area contributed by atoms with E-state index in [9.17, 15) is 14.4 Å². The lowest BCUT2D eigenvalue weighted by Gasteiger charge is -2.22. The van der Waals surface area contributed by atoms with Gasteiger partial charge in [-0.25, -0.2) is 9.59 Å². The second kappa shape index (κ2) is 10.6. The summed E-state index contributed by atoms with van der Waals surface area (Å²) in [6.07, 6.45) is -0.423. The number of esters is 1. The highest BCUT2D eigenvalue weighted by Crippen LogP contribution is 2.27. The van der Waals surface area contributed by atoms with Crippen molar-refractivity contribution in [3.8, 4) is 0 Å². The second-order valence-corrected chi connectivity index (χ2v) is 9.65. The fourth-order valence-electron chi connectivity index (χ4n) is 3.43. The number of H-pyrrole nitrogens is 1. The zero-order chi connectivity index (χ0) is 24.0. The van der Waals surface area contributed by atoms with Crippen LogP contribution >= 0.6 is 11.8 Å². The van der Waals surface area contributed by atoms with Crippen LogP contribution < -0.4 is 5.32 Å². The highest BCUT2D eigenvalue weighted by molar-refractivity contribution is 8.13. The van der Waals surface area contributed by atoms with Crippen LogP contribution in [0.3, 0.4) is 0 Å². The number of hydrogen-bond donors (Lipinski definition) is 2. The van der Waals surface area contributed by atoms with Crippen molar-refractivity contribution < 1.29 is 23.9 Å². The Morgan fingerprint density at radius 1 is 1.03 bits per heavy atom. The van der Waals surface area contributed by atoms with Crippen molar-refractivity contribution in [2.45, 2.75) is 50.2 Å². The molecule has 7 nitrogen and oxygen atoms in total. The molecule has 1 amide bonds. The maximum Gasteiger partial charge on any atom is 0.408 e. The maximum absolute atomic E-state index is 12.8. The maximum atomic E-state index is 12.8. The number of ether oxygens (including phenoxy) is 2. The van der Waals surface area contributed by atoms with Crippen LogP contribution in [-0.4, -0.2) is 40.9 Å². The van der Waals surface area contributed by atoms with Crippen LogP contribution in [0.1, 0.15) is 32.0 Å². The number of aromatic nitrogens is 1. The number of para-hydroxylation sites is 1. The number of fused-ring (bicyclic) bond motifs is 1. The Hall–Kier alpha value is -3.26. The largest absolute Gasteiger partial charge is 0.467 e. The molecular formula is C25H28N2O5S. The van der Waals surface area contributed by atoms with E-state index in [2.05, 4.69) is 10.3 Å². The number of thioether (sulfide) groups is 1. The predicted octanol–water partition coefficient (Wildman–Crippen LogP) is 4.64. The van der Waals surface area contributed by atoms with Gasteiger partial charge in [0.1, 0.15) is 11.6 Å². The Kier molecular flexibility index (Phi) is 7.81. The number of amides is 1. The number of nitrogens with one attached hydrogen (secondary N) is 2. The van der Waals surface area contributed by atoms with E-state index < -0.39 is 23.7 Å². The minimum atomic E-state index is -0.973. The van der Waals surface area contributed by atoms with Crippen molar-refractivity contribution in [1.29, 1.82) is 0 Å². The molecule has 0 fully saturated rings. The zero-order valence-electron chi connectivity index (χ0n) is 19.1. The normalized spacial score (nSPS) is 12.2. The van der Waals surface area contributed by atoms with Gasteiger partial charge < -0.3 is 19.8 Å². The summed E-state index contributed by atoms with van der Waals surface area (Å²) in [4.78, 5) is 41.8. The third kappa shape index (κ3) is 6.86. The van der Waals surface area contributed by atoms with E-state index in [1.807, 2.05) is 54.6 Å². The fourth-order valence-corrected chi connectivity index (χ4v) is 4.20. The predicted molar refractivity (Wildman–Crippen MR) is 128 cm³/mol. The Balaban J connectivity index is 1.87. The smallest absolute Gasteiger partial charge is 0.408 e. The van der Waals surface area contributed by atoms with Crippen LogP contribution in [0.5, 0.6) is 0 Å². The van der Waals surface area contributed by atoms with Crippen molar-refractivity contribution in [2.24, 2.45) is 0 Å². The van der Waals surface area contributed by atoms with Gasteiger partial charge >= 0.3 is 12.1 Å². The molecule has 2 aromatic carbocycles. The van der Waals surface area contributed by atoms with E-state index in [-0.39, 0.29) is 18.0 Å². The van der Waals surface area contributed by atoms with E-state index in [0.717, 1.165) is 33.1 Å². The summed E-state index contributed by atoms with van der Waals surface area (Å²) in [5, 5.41) is 3.45. The zero-order valence-corrected chi connectivity index (χ0v) is 20.0. The number of carbonyl (C=O) groups is 3. The van der Waals surface area contributed by atoms with Gasteiger partial charge in [0.2, 0.25) is 0 Å². The number of hydrogen-bond acceptors (Lipinski definition) is 6. The highest BCUT2D eigenvalue weighted by Gasteiger charge is 2.28. The van der Waals surface area contributed by atoms with Gasteiger partial charge in [0.15, 0.2) is 5.12 Å². The number of rotatable bonds is 7. The van der Waals surface area contributed by atoms with E-state index in [4.69, 9.17) is 9.47 Å². The molecule has 33 heavy (non-hydrogen) atoms. The van der Waals surface area contributed by atoms with Crippen LogP contribution in [0.25, 0.3) is 10.9 Å². The number of aromatic amines is 1. The molecule has 0 spiro atoms. The molecule has 0 radical (unpaired) electrons. The van der Waals surface area contributed by atoms with Gasteiger partial charge in [-0.3, -0.25) is 4.79 Å². The van der Waals surface area contributed by atoms with Gasteiger partial charge in [-0.2, -0.15) is 0 Å². The Bertz CT molecular complexity index is 1130. The first kappa shape index (κ1) is 24.4. The third-order valence-electron chi connectivity index (χ3n) is 4.78. The molecule has 0 aliphatic heterocycles. The van der Waals surface area contributed by atoms with Gasteiger partial charge in [0.05, 0.1) is 13.5 Å². The summed E-state index contributed by atoms with van der Waals surface area (Å²) < 4.78 is 10.2. The van der Waals surface area contributed by atoms with Crippen LogP contribution in [0.2, 0.25) is 0 Å². The summed E-state index contributed by atoms with van der Waals surface area (Å²) in [6.45, 7) is 5.23. The number of benzene rings is 2. The van der Waals surface area contributed by atoms with Crippen LogP contribution in [0.15, 0.2) is 59.5 Å². The third-order valence-corrected chi connectivity index (χ3v) is 5.66. The van der Waals surface area contributed by atoms with Crippen molar-refractivity contribution in [2.75, 3.05) is 7.11 Å². The molecule has 0 aliphatic rings. The van der Waals surface area contributed by atoms with Gasteiger partial charge in [-0.05, 0) is 44.5 Å². The second-order valence-electron chi connectivity index (χ2n) is 8.52. The molecule has 3 aromatic rings. The molecule has 3 rings (SSSR count). The molecule has 0 aliphatic carbocycles. The molecule has 1 heterocycles. The molecule has 1 atom stereocenters. The van der Waals surface area contributed by atoms with Gasteiger partial charge in [0.25, 0.3) is 0 Å². The Morgan fingerprint density at radius 3 is 2.36 bits per heavy atom. The first-order valence-electron chi connectivity index (χ1n) is 10.6. The molecule has 0 saturated carbocycles. The Morgan fingerprint density at radius 2 is 1.70 bits per heavy atom. The van der Waals surface area contributed by atoms with Gasteiger partial charge in [-0.1, -0.05) is 48.2 Å². The van der Waals surface area contributed by atoms with Crippen molar-refractivity contribution in [3.05, 3.63) is 65.9 Å². The average molecular weight is 469 g/mol. The molecule has 0 bridgehead atoms. The minimum absolute atomic E-state index is 0.0382. The van der Waals surface area contributed by atoms with Crippen LogP contribution in [0, 0.1) is 0 Å². The summed E-state index contributed by atoms with van der Waals surface area (Å²) in [5.41, 5.74) is 1.61. The molecule has 8 heteroatoms. The monoisotopic (exact) mass is 468 g/mol. The fraction of sp³-hybridized carbons (Fsp3) is 0.320. The average Bonchev–Trinajstić information content (AvgIpc) is 3.08. The molecular weight excluding hydrogens is 440 g/mol. The number of alkyl carbamates (subject to hydrolysis) is 1. The number of carbonyl (C=O) groups excluding carboxylic acids is 3. The van der Waals surface area contributed by atoms with Gasteiger partial charge in [-0.15, -0.1) is 0 Å². The van der Waals surface area contributed by atoms with E-state index >= 15 is 0 Å². The quantitative estimate of drug-likeness (QED) is 0.387. The van der Waals surface area contributed by atoms with Crippen LogP contribution in [0.4, 0.5) is 4.79 Å². The van der Waals surface area contributed by atoms with E-state index in [1.165, 1.54) is 7.11 Å². The molecule has 0 unspecified atom stereocenters. The molecule has 174 valence electrons. The molecule has 1 aromatic heterocycles. The summed E-state index contributed by atoms with van der Waals surface area (Å²) >= 11 is 1.16. The lowest BCUT2D eigenvalue weighted by atomic mass is 10.0. The van der Waals surface area contributed by atoms with Crippen molar-refractivity contribution in [3.63, 3.8) is 0 Å². The molecule has 2 N–H and O–H groups in total. The molecule has 0 saturated heterocycles. The summed E-state index contributed by atoms with van der Waals surface area (Å²) in [7, 11) is 1.27. The lowest BCUT2D eigenvalue weighted by molar-refractivity contribution is -0.143. The van der Waals surface area contributed by atoms with Crippen LogP contribution in [-0.2, 0) is 31.9 Å².